The van der Waals surface area contributed by atoms with Gasteiger partial charge in [-0.05, 0) is 61.0 Å². The molecule has 40 heavy (non-hydrogen) atoms. The minimum absolute atomic E-state index is 0.119. The summed E-state index contributed by atoms with van der Waals surface area (Å²) in [6.07, 6.45) is 1.89. The number of anilines is 2. The highest BCUT2D eigenvalue weighted by Crippen LogP contribution is 2.29. The van der Waals surface area contributed by atoms with Gasteiger partial charge in [0.2, 0.25) is 5.91 Å². The van der Waals surface area contributed by atoms with Gasteiger partial charge in [0, 0.05) is 27.4 Å². The van der Waals surface area contributed by atoms with E-state index in [1.165, 1.54) is 30.0 Å². The summed E-state index contributed by atoms with van der Waals surface area (Å²) < 4.78 is 14.4. The van der Waals surface area contributed by atoms with Crippen LogP contribution in [0, 0.1) is 5.82 Å². The van der Waals surface area contributed by atoms with Crippen LogP contribution in [0.25, 0.3) is 6.08 Å². The van der Waals surface area contributed by atoms with Crippen molar-refractivity contribution in [2.75, 3.05) is 10.6 Å². The van der Waals surface area contributed by atoms with Crippen LogP contribution < -0.4 is 16.0 Å². The lowest BCUT2D eigenvalue weighted by Gasteiger charge is -2.16. The van der Waals surface area contributed by atoms with Gasteiger partial charge < -0.3 is 16.0 Å². The van der Waals surface area contributed by atoms with E-state index in [1.807, 2.05) is 43.3 Å². The Morgan fingerprint density at radius 3 is 2.15 bits per heavy atom. The van der Waals surface area contributed by atoms with E-state index >= 15 is 0 Å². The Bertz CT molecular complexity index is 1510. The molecule has 0 bridgehead atoms. The van der Waals surface area contributed by atoms with Crippen LogP contribution in [0.2, 0.25) is 0 Å². The van der Waals surface area contributed by atoms with Crippen molar-refractivity contribution in [1.29, 1.82) is 0 Å². The van der Waals surface area contributed by atoms with Crippen molar-refractivity contribution in [3.05, 3.63) is 132 Å². The second-order valence-corrected chi connectivity index (χ2v) is 10.0. The van der Waals surface area contributed by atoms with E-state index in [0.717, 1.165) is 10.6 Å². The molecule has 4 aromatic carbocycles. The molecule has 0 fully saturated rings. The maximum atomic E-state index is 14.4. The maximum absolute atomic E-state index is 14.4. The lowest BCUT2D eigenvalue weighted by atomic mass is 10.1. The van der Waals surface area contributed by atoms with Crippen LogP contribution in [0.15, 0.2) is 120 Å². The van der Waals surface area contributed by atoms with Crippen molar-refractivity contribution in [3.63, 3.8) is 0 Å². The smallest absolute Gasteiger partial charge is 0.272 e. The topological polar surface area (TPSA) is 87.3 Å². The Morgan fingerprint density at radius 2 is 1.45 bits per heavy atom. The Kier molecular flexibility index (Phi) is 9.85. The molecule has 4 aromatic rings. The number of nitrogens with one attached hydrogen (secondary N) is 3. The van der Waals surface area contributed by atoms with Crippen LogP contribution in [0.5, 0.6) is 0 Å². The highest BCUT2D eigenvalue weighted by Gasteiger charge is 2.19. The number of halogens is 1. The molecule has 0 heterocycles. The molecule has 0 aromatic heterocycles. The number of hydrogen-bond acceptors (Lipinski definition) is 4. The molecule has 0 saturated carbocycles. The van der Waals surface area contributed by atoms with E-state index in [4.69, 9.17) is 0 Å². The minimum atomic E-state index is -0.622. The van der Waals surface area contributed by atoms with Gasteiger partial charge in [0.15, 0.2) is 0 Å². The number of carbonyl (C=O) groups is 3. The van der Waals surface area contributed by atoms with Gasteiger partial charge >= 0.3 is 0 Å². The van der Waals surface area contributed by atoms with E-state index in [2.05, 4.69) is 16.0 Å². The molecule has 0 radical (unpaired) electrons. The van der Waals surface area contributed by atoms with Crippen LogP contribution >= 0.6 is 11.8 Å². The highest BCUT2D eigenvalue weighted by atomic mass is 32.2. The van der Waals surface area contributed by atoms with Crippen LogP contribution in [0.1, 0.15) is 29.3 Å². The number of thioether (sulfide) groups is 1. The van der Waals surface area contributed by atoms with Gasteiger partial charge in [-0.25, -0.2) is 4.39 Å². The molecule has 0 saturated heterocycles. The van der Waals surface area contributed by atoms with Gasteiger partial charge in [-0.3, -0.25) is 14.4 Å². The molecular weight excluding hydrogens is 525 g/mol. The van der Waals surface area contributed by atoms with Gasteiger partial charge in [0.25, 0.3) is 11.8 Å². The SMILES string of the molecule is CCC(Sc1cccc(NC(=O)/C(=C/c2ccccc2F)NC(=O)c2ccccc2)c1)C(=O)Nc1ccccc1. The van der Waals surface area contributed by atoms with Crippen LogP contribution in [-0.2, 0) is 9.59 Å². The summed E-state index contributed by atoms with van der Waals surface area (Å²) in [5.74, 6) is -1.77. The van der Waals surface area contributed by atoms with Gasteiger partial charge in [0.1, 0.15) is 11.5 Å². The molecule has 3 N–H and O–H groups in total. The van der Waals surface area contributed by atoms with E-state index in [0.29, 0.717) is 17.7 Å². The van der Waals surface area contributed by atoms with E-state index in [1.54, 1.807) is 60.7 Å². The summed E-state index contributed by atoms with van der Waals surface area (Å²) >= 11 is 1.38. The molecular formula is C32H28FN3O3S. The van der Waals surface area contributed by atoms with E-state index in [-0.39, 0.29) is 22.4 Å². The van der Waals surface area contributed by atoms with Gasteiger partial charge in [-0.2, -0.15) is 0 Å². The summed E-state index contributed by atoms with van der Waals surface area (Å²) in [4.78, 5) is 39.8. The quantitative estimate of drug-likeness (QED) is 0.150. The molecule has 0 aliphatic carbocycles. The summed E-state index contributed by atoms with van der Waals surface area (Å²) in [5, 5.41) is 7.96. The summed E-state index contributed by atoms with van der Waals surface area (Å²) in [7, 11) is 0. The average molecular weight is 554 g/mol. The zero-order chi connectivity index (χ0) is 28.3. The lowest BCUT2D eigenvalue weighted by Crippen LogP contribution is -2.30. The fourth-order valence-corrected chi connectivity index (χ4v) is 4.78. The average Bonchev–Trinajstić information content (AvgIpc) is 2.97. The first-order valence-corrected chi connectivity index (χ1v) is 13.6. The summed E-state index contributed by atoms with van der Waals surface area (Å²) in [6, 6.07) is 30.7. The maximum Gasteiger partial charge on any atom is 0.272 e. The minimum Gasteiger partial charge on any atom is -0.325 e. The Balaban J connectivity index is 1.51. The monoisotopic (exact) mass is 553 g/mol. The molecule has 0 aliphatic heterocycles. The number of benzene rings is 4. The third kappa shape index (κ3) is 7.91. The van der Waals surface area contributed by atoms with Crippen molar-refractivity contribution >= 4 is 46.9 Å². The molecule has 1 unspecified atom stereocenters. The fraction of sp³-hybridized carbons (Fsp3) is 0.0938. The number of hydrogen-bond donors (Lipinski definition) is 3. The molecule has 6 nitrogen and oxygen atoms in total. The Labute approximate surface area is 236 Å². The highest BCUT2D eigenvalue weighted by molar-refractivity contribution is 8.00. The van der Waals surface area contributed by atoms with E-state index in [9.17, 15) is 18.8 Å². The van der Waals surface area contributed by atoms with Crippen LogP contribution in [0.4, 0.5) is 15.8 Å². The fourth-order valence-electron chi connectivity index (χ4n) is 3.77. The second-order valence-electron chi connectivity index (χ2n) is 8.75. The normalized spacial score (nSPS) is 11.8. The molecule has 1 atom stereocenters. The van der Waals surface area contributed by atoms with E-state index < -0.39 is 17.6 Å². The summed E-state index contributed by atoms with van der Waals surface area (Å²) in [6.45, 7) is 1.93. The Morgan fingerprint density at radius 1 is 0.800 bits per heavy atom. The van der Waals surface area contributed by atoms with Gasteiger partial charge in [-0.1, -0.05) is 67.6 Å². The van der Waals surface area contributed by atoms with Gasteiger partial charge in [0.05, 0.1) is 5.25 Å². The zero-order valence-electron chi connectivity index (χ0n) is 21.8. The number of amides is 3. The number of para-hydroxylation sites is 1. The largest absolute Gasteiger partial charge is 0.325 e. The van der Waals surface area contributed by atoms with Gasteiger partial charge in [-0.15, -0.1) is 11.8 Å². The standard InChI is InChI=1S/C32H28FN3O3S/c1-2-29(32(39)34-24-15-7-4-8-16-24)40-26-18-11-17-25(21-26)35-31(38)28(20-23-14-9-10-19-27(23)33)36-30(37)22-12-5-3-6-13-22/h3-21,29H,2H2,1H3,(H,34,39)(H,35,38)(H,36,37)/b28-20-. The van der Waals surface area contributed by atoms with Crippen molar-refractivity contribution < 1.29 is 18.8 Å². The predicted molar refractivity (Wildman–Crippen MR) is 158 cm³/mol. The van der Waals surface area contributed by atoms with Crippen molar-refractivity contribution in [2.24, 2.45) is 0 Å². The number of carbonyl (C=O) groups excluding carboxylic acids is 3. The molecule has 4 rings (SSSR count). The zero-order valence-corrected chi connectivity index (χ0v) is 22.6. The molecule has 8 heteroatoms. The second kappa shape index (κ2) is 13.9. The molecule has 0 spiro atoms. The lowest BCUT2D eigenvalue weighted by molar-refractivity contribution is -0.116. The van der Waals surface area contributed by atoms with Crippen LogP contribution in [-0.4, -0.2) is 23.0 Å². The third-order valence-electron chi connectivity index (χ3n) is 5.81. The van der Waals surface area contributed by atoms with Crippen molar-refractivity contribution in [2.45, 2.75) is 23.5 Å². The first-order valence-electron chi connectivity index (χ1n) is 12.7. The first kappa shape index (κ1) is 28.3. The number of rotatable bonds is 10. The molecule has 3 amide bonds. The first-order chi connectivity index (χ1) is 19.4. The van der Waals surface area contributed by atoms with Crippen molar-refractivity contribution in [3.8, 4) is 0 Å². The van der Waals surface area contributed by atoms with Crippen LogP contribution in [0.3, 0.4) is 0 Å². The third-order valence-corrected chi connectivity index (χ3v) is 7.17. The molecule has 0 aliphatic rings. The summed E-state index contributed by atoms with van der Waals surface area (Å²) in [5.41, 5.74) is 1.57. The predicted octanol–water partition coefficient (Wildman–Crippen LogP) is 6.74. The molecule has 202 valence electrons. The van der Waals surface area contributed by atoms with Crippen molar-refractivity contribution in [1.82, 2.24) is 5.32 Å². The Hall–Kier alpha value is -4.69.